The topological polar surface area (TPSA) is 12.0 Å². The highest BCUT2D eigenvalue weighted by Crippen LogP contribution is 2.49. The maximum atomic E-state index is 3.28. The Morgan fingerprint density at radius 1 is 0.909 bits per heavy atom. The molecule has 1 nitrogen and oxygen atoms in total. The molecule has 0 amide bonds. The molecule has 0 radical (unpaired) electrons. The van der Waals surface area contributed by atoms with Gasteiger partial charge in [0.25, 0.3) is 0 Å². The van der Waals surface area contributed by atoms with Crippen molar-refractivity contribution in [2.24, 2.45) is 5.92 Å². The van der Waals surface area contributed by atoms with E-state index in [0.29, 0.717) is 5.92 Å². The van der Waals surface area contributed by atoms with Crippen molar-refractivity contribution in [2.45, 2.75) is 6.42 Å². The van der Waals surface area contributed by atoms with Gasteiger partial charge in [-0.2, -0.15) is 0 Å². The molecule has 2 aromatic rings. The van der Waals surface area contributed by atoms with E-state index in [1.165, 1.54) is 10.6 Å². The molecule has 1 unspecified atom stereocenters. The largest absolute Gasteiger partial charge is 0.320 e. The molecule has 2 aromatic carbocycles. The molecule has 1 aliphatic carbocycles. The van der Waals surface area contributed by atoms with Crippen LogP contribution in [0.3, 0.4) is 0 Å². The molecule has 2 heteroatoms. The van der Waals surface area contributed by atoms with Crippen LogP contribution in [0.1, 0.15) is 6.42 Å². The van der Waals surface area contributed by atoms with Gasteiger partial charge in [0, 0.05) is 5.92 Å². The van der Waals surface area contributed by atoms with Crippen LogP contribution in [-0.4, -0.2) is 13.6 Å². The highest BCUT2D eigenvalue weighted by Gasteiger charge is 2.25. The number of allylic oxidation sites excluding steroid dienone is 4. The van der Waals surface area contributed by atoms with Crippen molar-refractivity contribution in [3.63, 3.8) is 0 Å². The molecule has 22 heavy (non-hydrogen) atoms. The molecule has 1 aliphatic rings. The first-order valence-electron chi connectivity index (χ1n) is 7.83. The van der Waals surface area contributed by atoms with Crippen LogP contribution in [0.4, 0.5) is 0 Å². The van der Waals surface area contributed by atoms with Gasteiger partial charge in [-0.05, 0) is 43.9 Å². The molecular weight excluding hydrogens is 285 g/mol. The fraction of sp³-hybridized carbons (Fsp3) is 0.200. The van der Waals surface area contributed by atoms with Gasteiger partial charge in [0.2, 0.25) is 0 Å². The molecule has 0 fully saturated rings. The van der Waals surface area contributed by atoms with E-state index < -0.39 is 7.92 Å². The normalized spacial score (nSPS) is 17.0. The lowest BCUT2D eigenvalue weighted by molar-refractivity contribution is 0.653. The Labute approximate surface area is 134 Å². The zero-order valence-electron chi connectivity index (χ0n) is 12.9. The SMILES string of the molecule is CNCCC1C=CC=C1P(c1ccccc1)c1ccccc1. The maximum absolute atomic E-state index is 3.28. The highest BCUT2D eigenvalue weighted by atomic mass is 31.1. The van der Waals surface area contributed by atoms with Crippen molar-refractivity contribution >= 4 is 18.5 Å². The summed E-state index contributed by atoms with van der Waals surface area (Å²) in [5.74, 6) is 0.555. The van der Waals surface area contributed by atoms with Crippen LogP contribution in [-0.2, 0) is 0 Å². The molecular formula is C20H22NP. The van der Waals surface area contributed by atoms with Crippen molar-refractivity contribution < 1.29 is 0 Å². The third kappa shape index (κ3) is 3.38. The predicted octanol–water partition coefficient (Wildman–Crippen LogP) is 3.80. The van der Waals surface area contributed by atoms with E-state index in [1.807, 2.05) is 7.05 Å². The monoisotopic (exact) mass is 307 g/mol. The number of hydrogen-bond acceptors (Lipinski definition) is 1. The lowest BCUT2D eigenvalue weighted by Crippen LogP contribution is -2.18. The van der Waals surface area contributed by atoms with Crippen molar-refractivity contribution in [2.75, 3.05) is 13.6 Å². The molecule has 0 saturated heterocycles. The minimum Gasteiger partial charge on any atom is -0.320 e. The summed E-state index contributed by atoms with van der Waals surface area (Å²) in [6.07, 6.45) is 8.09. The third-order valence-electron chi connectivity index (χ3n) is 3.98. The minimum absolute atomic E-state index is 0.437. The van der Waals surface area contributed by atoms with Crippen molar-refractivity contribution in [1.82, 2.24) is 5.32 Å². The zero-order valence-corrected chi connectivity index (χ0v) is 13.8. The summed E-state index contributed by atoms with van der Waals surface area (Å²) in [7, 11) is 1.59. The second-order valence-electron chi connectivity index (χ2n) is 5.48. The van der Waals surface area contributed by atoms with Gasteiger partial charge in [0.1, 0.15) is 0 Å². The molecule has 3 rings (SSSR count). The molecule has 1 atom stereocenters. The molecule has 0 spiro atoms. The van der Waals surface area contributed by atoms with Gasteiger partial charge in [-0.15, -0.1) is 0 Å². The van der Waals surface area contributed by atoms with Crippen molar-refractivity contribution in [3.8, 4) is 0 Å². The Morgan fingerprint density at radius 3 is 2.05 bits per heavy atom. The van der Waals surface area contributed by atoms with E-state index in [1.54, 1.807) is 5.31 Å². The van der Waals surface area contributed by atoms with E-state index in [9.17, 15) is 0 Å². The number of benzene rings is 2. The summed E-state index contributed by atoms with van der Waals surface area (Å²) in [6.45, 7) is 1.05. The van der Waals surface area contributed by atoms with Gasteiger partial charge < -0.3 is 5.32 Å². The maximum Gasteiger partial charge on any atom is 0.00438 e. The fourth-order valence-electron chi connectivity index (χ4n) is 2.90. The second-order valence-corrected chi connectivity index (χ2v) is 7.70. The summed E-state index contributed by atoms with van der Waals surface area (Å²) in [6, 6.07) is 21.9. The summed E-state index contributed by atoms with van der Waals surface area (Å²) < 4.78 is 0. The lowest BCUT2D eigenvalue weighted by atomic mass is 10.1. The Kier molecular flexibility index (Phi) is 5.21. The fourth-order valence-corrected chi connectivity index (χ4v) is 5.51. The second kappa shape index (κ2) is 7.54. The molecule has 112 valence electrons. The van der Waals surface area contributed by atoms with E-state index >= 15 is 0 Å². The highest BCUT2D eigenvalue weighted by molar-refractivity contribution is 7.76. The van der Waals surface area contributed by atoms with Crippen LogP contribution in [0.2, 0.25) is 0 Å². The average Bonchev–Trinajstić information content (AvgIpc) is 3.03. The van der Waals surface area contributed by atoms with Crippen LogP contribution in [0.5, 0.6) is 0 Å². The van der Waals surface area contributed by atoms with E-state index in [4.69, 9.17) is 0 Å². The first-order chi connectivity index (χ1) is 10.9. The van der Waals surface area contributed by atoms with Gasteiger partial charge in [-0.1, -0.05) is 78.9 Å². The zero-order chi connectivity index (χ0) is 15.2. The van der Waals surface area contributed by atoms with Crippen LogP contribution in [0.25, 0.3) is 0 Å². The summed E-state index contributed by atoms with van der Waals surface area (Å²) in [5.41, 5.74) is 0. The number of rotatable bonds is 6. The standard InChI is InChI=1S/C20H22NP/c1-21-16-15-17-9-8-14-20(17)22(18-10-4-2-5-11-18)19-12-6-3-7-13-19/h2-14,17,21H,15-16H2,1H3. The van der Waals surface area contributed by atoms with Gasteiger partial charge >= 0.3 is 0 Å². The van der Waals surface area contributed by atoms with Gasteiger partial charge in [-0.3, -0.25) is 0 Å². The Morgan fingerprint density at radius 2 is 1.50 bits per heavy atom. The predicted molar refractivity (Wildman–Crippen MR) is 98.3 cm³/mol. The Bertz CT molecular complexity index is 606. The van der Waals surface area contributed by atoms with Crippen molar-refractivity contribution in [3.05, 3.63) is 84.2 Å². The molecule has 0 aromatic heterocycles. The first-order valence-corrected chi connectivity index (χ1v) is 9.17. The van der Waals surface area contributed by atoms with Crippen LogP contribution in [0, 0.1) is 5.92 Å². The van der Waals surface area contributed by atoms with Gasteiger partial charge in [0.05, 0.1) is 0 Å². The summed E-state index contributed by atoms with van der Waals surface area (Å²) in [4.78, 5) is 0. The molecule has 0 saturated carbocycles. The third-order valence-corrected chi connectivity index (χ3v) is 6.61. The van der Waals surface area contributed by atoms with Gasteiger partial charge in [0.15, 0.2) is 0 Å². The first kappa shape index (κ1) is 15.2. The number of nitrogens with one attached hydrogen (secondary N) is 1. The lowest BCUT2D eigenvalue weighted by Gasteiger charge is -2.25. The Balaban J connectivity index is 1.96. The van der Waals surface area contributed by atoms with Crippen LogP contribution >= 0.6 is 7.92 Å². The Hall–Kier alpha value is -1.69. The average molecular weight is 307 g/mol. The summed E-state index contributed by atoms with van der Waals surface area (Å²) >= 11 is 0. The number of hydrogen-bond donors (Lipinski definition) is 1. The van der Waals surface area contributed by atoms with E-state index in [-0.39, 0.29) is 0 Å². The van der Waals surface area contributed by atoms with Crippen molar-refractivity contribution in [1.29, 1.82) is 0 Å². The van der Waals surface area contributed by atoms with Crippen LogP contribution in [0.15, 0.2) is 84.2 Å². The summed E-state index contributed by atoms with van der Waals surface area (Å²) in [5, 5.41) is 7.73. The molecule has 0 aliphatic heterocycles. The quantitative estimate of drug-likeness (QED) is 0.801. The van der Waals surface area contributed by atoms with Gasteiger partial charge in [-0.25, -0.2) is 0 Å². The molecule has 0 heterocycles. The molecule has 1 N–H and O–H groups in total. The van der Waals surface area contributed by atoms with E-state index in [2.05, 4.69) is 84.2 Å². The van der Waals surface area contributed by atoms with Crippen LogP contribution < -0.4 is 15.9 Å². The molecule has 0 bridgehead atoms. The minimum atomic E-state index is -0.437. The smallest absolute Gasteiger partial charge is 0.00438 e. The van der Waals surface area contributed by atoms with E-state index in [0.717, 1.165) is 13.0 Å².